The molecule has 16 atom stereocenters. The van der Waals surface area contributed by atoms with Gasteiger partial charge in [-0.05, 0) is 0 Å². The number of rotatable bonds is 12. The van der Waals surface area contributed by atoms with Gasteiger partial charge in [0, 0.05) is 6.42 Å². The Balaban J connectivity index is 1.95. The lowest BCUT2D eigenvalue weighted by Crippen LogP contribution is -2.71. The molecule has 256 valence electrons. The number of amides is 1. The lowest BCUT2D eigenvalue weighted by molar-refractivity contribution is -0.385. The lowest BCUT2D eigenvalue weighted by atomic mass is 9.88. The zero-order valence-electron chi connectivity index (χ0n) is 22.9. The highest BCUT2D eigenvalue weighted by Gasteiger charge is 2.60. The van der Waals surface area contributed by atoms with E-state index >= 15 is 0 Å². The van der Waals surface area contributed by atoms with Crippen LogP contribution in [-0.4, -0.2) is 202 Å². The summed E-state index contributed by atoms with van der Waals surface area (Å²) in [4.78, 5) is 24.4. The summed E-state index contributed by atoms with van der Waals surface area (Å²) in [5, 5.41) is 133. The molecule has 0 aromatic carbocycles. The molecule has 0 radical (unpaired) electrons. The van der Waals surface area contributed by atoms with E-state index in [0.717, 1.165) is 0 Å². The Labute approximate surface area is 248 Å². The molecule has 0 aliphatic carbocycles. The molecule has 3 saturated heterocycles. The van der Waals surface area contributed by atoms with Crippen molar-refractivity contribution < 1.29 is 99.7 Å². The van der Waals surface area contributed by atoms with Crippen molar-refractivity contribution in [1.29, 1.82) is 0 Å². The Morgan fingerprint density at radius 1 is 0.864 bits per heavy atom. The Kier molecular flexibility index (Phi) is 12.7. The normalized spacial score (nSPS) is 44.5. The number of aliphatic hydroxyl groups is 12. The molecule has 44 heavy (non-hydrogen) atoms. The number of carbonyl (C=O) groups is 2. The van der Waals surface area contributed by atoms with Crippen LogP contribution in [0.1, 0.15) is 6.42 Å². The summed E-state index contributed by atoms with van der Waals surface area (Å²) in [6, 6.07) is -1.70. The van der Waals surface area contributed by atoms with Crippen LogP contribution >= 0.6 is 0 Å². The highest BCUT2D eigenvalue weighted by Crippen LogP contribution is 2.38. The van der Waals surface area contributed by atoms with Gasteiger partial charge in [0.05, 0.1) is 32.0 Å². The Hall–Kier alpha value is -1.74. The zero-order valence-corrected chi connectivity index (χ0v) is 22.9. The second kappa shape index (κ2) is 15.2. The van der Waals surface area contributed by atoms with Gasteiger partial charge in [-0.2, -0.15) is 0 Å². The van der Waals surface area contributed by atoms with Gasteiger partial charge in [0.15, 0.2) is 12.6 Å². The van der Waals surface area contributed by atoms with Gasteiger partial charge >= 0.3 is 5.97 Å². The fourth-order valence-electron chi connectivity index (χ4n) is 5.16. The second-order valence-electron chi connectivity index (χ2n) is 10.5. The molecule has 0 unspecified atom stereocenters. The molecule has 14 N–H and O–H groups in total. The van der Waals surface area contributed by atoms with Crippen molar-refractivity contribution in [3.05, 3.63) is 0 Å². The van der Waals surface area contributed by atoms with Crippen LogP contribution in [0.4, 0.5) is 0 Å². The highest BCUT2D eigenvalue weighted by molar-refractivity contribution is 5.78. The minimum atomic E-state index is -3.09. The van der Waals surface area contributed by atoms with Gasteiger partial charge in [0.1, 0.15) is 73.8 Å². The summed E-state index contributed by atoms with van der Waals surface area (Å²) in [5.41, 5.74) is 0. The van der Waals surface area contributed by atoms with Crippen molar-refractivity contribution >= 4 is 11.9 Å². The molecule has 3 aliphatic rings. The van der Waals surface area contributed by atoms with Gasteiger partial charge in [-0.15, -0.1) is 0 Å². The van der Waals surface area contributed by atoms with Crippen LogP contribution in [-0.2, 0) is 33.3 Å². The standard InChI is InChI=1S/C23H39NO20/c25-2-7(30)12(32)18-11(24-10(31)5-28)6(29)1-23(43-18,22(38)39)44-19-13(33)8(3-26)41-21(16(19)36)42-17-9(4-27)40-20(37)15(35)14(17)34/h6-9,11-21,25-30,32-37H,1-5H2,(H,24,31)(H,38,39)/t6-,7+,8+,9+,11+,12+,13+,14+,15+,16+,17+,18+,19-,20+,21-,23-/m0/s1. The number of hydrogen-bond acceptors (Lipinski definition) is 19. The smallest absolute Gasteiger partial charge is 0.364 e. The number of carboxylic acid groups (broad SMARTS) is 1. The van der Waals surface area contributed by atoms with Crippen molar-refractivity contribution in [3.8, 4) is 0 Å². The Morgan fingerprint density at radius 3 is 2.05 bits per heavy atom. The number of aliphatic hydroxyl groups excluding tert-OH is 12. The average molecular weight is 650 g/mol. The fourth-order valence-corrected chi connectivity index (χ4v) is 5.16. The minimum Gasteiger partial charge on any atom is -0.477 e. The monoisotopic (exact) mass is 649 g/mol. The van der Waals surface area contributed by atoms with Crippen LogP contribution in [0.3, 0.4) is 0 Å². The third-order valence-corrected chi connectivity index (χ3v) is 7.57. The highest BCUT2D eigenvalue weighted by atomic mass is 16.8. The molecule has 3 aliphatic heterocycles. The molecule has 0 spiro atoms. The third-order valence-electron chi connectivity index (χ3n) is 7.57. The van der Waals surface area contributed by atoms with E-state index in [0.29, 0.717) is 0 Å². The average Bonchev–Trinajstić information content (AvgIpc) is 3.00. The van der Waals surface area contributed by atoms with Crippen molar-refractivity contribution in [2.45, 2.75) is 104 Å². The van der Waals surface area contributed by atoms with Crippen LogP contribution in [0, 0.1) is 0 Å². The molecular weight excluding hydrogens is 610 g/mol. The van der Waals surface area contributed by atoms with E-state index in [9.17, 15) is 70.9 Å². The maximum Gasteiger partial charge on any atom is 0.364 e. The van der Waals surface area contributed by atoms with Crippen molar-refractivity contribution in [2.24, 2.45) is 0 Å². The Bertz CT molecular complexity index is 959. The first-order valence-electron chi connectivity index (χ1n) is 13.4. The second-order valence-corrected chi connectivity index (χ2v) is 10.5. The van der Waals surface area contributed by atoms with Crippen molar-refractivity contribution in [3.63, 3.8) is 0 Å². The van der Waals surface area contributed by atoms with E-state index in [1.54, 1.807) is 0 Å². The summed E-state index contributed by atoms with van der Waals surface area (Å²) in [6.45, 7) is -4.07. The fraction of sp³-hybridized carbons (Fsp3) is 0.913. The molecule has 0 saturated carbocycles. The topological polar surface area (TPSA) is 355 Å². The van der Waals surface area contributed by atoms with Gasteiger partial charge in [0.2, 0.25) is 5.91 Å². The predicted molar refractivity (Wildman–Crippen MR) is 131 cm³/mol. The van der Waals surface area contributed by atoms with Crippen LogP contribution in [0.25, 0.3) is 0 Å². The van der Waals surface area contributed by atoms with Crippen LogP contribution in [0.5, 0.6) is 0 Å². The number of ether oxygens (including phenoxy) is 5. The molecule has 3 fully saturated rings. The van der Waals surface area contributed by atoms with Gasteiger partial charge in [-0.25, -0.2) is 4.79 Å². The van der Waals surface area contributed by atoms with Gasteiger partial charge < -0.3 is 95.4 Å². The zero-order chi connectivity index (χ0) is 33.1. The van der Waals surface area contributed by atoms with Crippen LogP contribution in [0.2, 0.25) is 0 Å². The van der Waals surface area contributed by atoms with Crippen LogP contribution in [0.15, 0.2) is 0 Å². The summed E-state index contributed by atoms with van der Waals surface area (Å²) < 4.78 is 26.8. The molecule has 0 aromatic rings. The van der Waals surface area contributed by atoms with Crippen molar-refractivity contribution in [2.75, 3.05) is 26.4 Å². The molecule has 21 heteroatoms. The van der Waals surface area contributed by atoms with Gasteiger partial charge in [0.25, 0.3) is 5.79 Å². The van der Waals surface area contributed by atoms with Gasteiger partial charge in [-0.1, -0.05) is 0 Å². The molecule has 1 amide bonds. The molecule has 3 heterocycles. The summed E-state index contributed by atoms with van der Waals surface area (Å²) in [5.74, 6) is -6.21. The Morgan fingerprint density at radius 2 is 1.50 bits per heavy atom. The third kappa shape index (κ3) is 7.45. The summed E-state index contributed by atoms with van der Waals surface area (Å²) in [6.07, 6.45) is -28.5. The maximum atomic E-state index is 12.6. The van der Waals surface area contributed by atoms with E-state index in [4.69, 9.17) is 28.8 Å². The molecule has 0 aromatic heterocycles. The summed E-state index contributed by atoms with van der Waals surface area (Å²) in [7, 11) is 0. The summed E-state index contributed by atoms with van der Waals surface area (Å²) >= 11 is 0. The number of hydrogen-bond donors (Lipinski definition) is 14. The number of nitrogens with one attached hydrogen (secondary N) is 1. The number of carboxylic acids is 1. The number of carbonyl (C=O) groups excluding carboxylic acids is 1. The quantitative estimate of drug-likeness (QED) is 0.0932. The van der Waals surface area contributed by atoms with E-state index in [1.165, 1.54) is 0 Å². The van der Waals surface area contributed by atoms with E-state index in [-0.39, 0.29) is 0 Å². The maximum absolute atomic E-state index is 12.6. The SMILES string of the molecule is O=C(CO)N[C@H]1[C@H]([C@H](O)[C@H](O)CO)O[C@@](O[C@@H]2[C@@H](O)[C@H](O[C@H]3[C@H](O)[C@@H](O)[C@H](O)O[C@@H]3CO)O[C@H](CO)[C@H]2O)(C(=O)O)C[C@@H]1O. The largest absolute Gasteiger partial charge is 0.477 e. The minimum absolute atomic E-state index is 0.883. The molecule has 0 bridgehead atoms. The molecule has 21 nitrogen and oxygen atoms in total. The van der Waals surface area contributed by atoms with E-state index in [2.05, 4.69) is 5.32 Å². The molecular formula is C23H39NO20. The number of aliphatic carboxylic acids is 1. The van der Waals surface area contributed by atoms with Crippen LogP contribution < -0.4 is 5.32 Å². The van der Waals surface area contributed by atoms with Gasteiger partial charge in [-0.3, -0.25) is 4.79 Å². The first kappa shape index (κ1) is 36.7. The van der Waals surface area contributed by atoms with E-state index in [1.807, 2.05) is 0 Å². The first-order valence-corrected chi connectivity index (χ1v) is 13.4. The van der Waals surface area contributed by atoms with E-state index < -0.39 is 142 Å². The van der Waals surface area contributed by atoms with Crippen molar-refractivity contribution in [1.82, 2.24) is 5.32 Å². The first-order chi connectivity index (χ1) is 20.7. The molecule has 3 rings (SSSR count). The predicted octanol–water partition coefficient (Wildman–Crippen LogP) is -9.25. The lowest BCUT2D eigenvalue weighted by Gasteiger charge is -2.50.